The lowest BCUT2D eigenvalue weighted by molar-refractivity contribution is -0.123. The molecule has 0 bridgehead atoms. The Morgan fingerprint density at radius 1 is 0.875 bits per heavy atom. The van der Waals surface area contributed by atoms with Crippen LogP contribution in [0.3, 0.4) is 0 Å². The van der Waals surface area contributed by atoms with E-state index in [1.54, 1.807) is 0 Å². The van der Waals surface area contributed by atoms with Crippen LogP contribution < -0.4 is 0 Å². The Bertz CT molecular complexity index is 286. The SMILES string of the molecule is CCOC(C[SiH2]CCCOCCN([Si](C)(C)C)[Si](C)(C)C)OCC. The first kappa shape index (κ1) is 24.5. The van der Waals surface area contributed by atoms with Gasteiger partial charge in [0.15, 0.2) is 6.29 Å². The molecular weight excluding hydrogens is 350 g/mol. The maximum atomic E-state index is 5.92. The van der Waals surface area contributed by atoms with Crippen molar-refractivity contribution in [3.05, 3.63) is 0 Å². The summed E-state index contributed by atoms with van der Waals surface area (Å²) >= 11 is 0. The van der Waals surface area contributed by atoms with Crippen LogP contribution in [-0.2, 0) is 14.2 Å². The van der Waals surface area contributed by atoms with Gasteiger partial charge in [0.05, 0.1) is 6.61 Å². The number of hydrogen-bond acceptors (Lipinski definition) is 4. The standard InChI is InChI=1S/C17H43NO3Si3/c1-9-20-17(21-10-2)16-22-15-11-13-19-14-12-18(23(3,4)5)24(6,7)8/h17H,9-16,22H2,1-8H3. The van der Waals surface area contributed by atoms with Crippen molar-refractivity contribution in [2.24, 2.45) is 0 Å². The molecule has 0 unspecified atom stereocenters. The van der Waals surface area contributed by atoms with Crippen LogP contribution >= 0.6 is 0 Å². The third-order valence-electron chi connectivity index (χ3n) is 4.01. The average Bonchev–Trinajstić information content (AvgIpc) is 2.43. The average molecular weight is 394 g/mol. The molecular formula is C17H43NO3Si3. The third-order valence-corrected chi connectivity index (χ3v) is 13.6. The van der Waals surface area contributed by atoms with Gasteiger partial charge in [-0.2, -0.15) is 0 Å². The summed E-state index contributed by atoms with van der Waals surface area (Å²) in [7, 11) is -2.57. The summed E-state index contributed by atoms with van der Waals surface area (Å²) < 4.78 is 19.9. The minimum absolute atomic E-state index is 0.0367. The molecule has 0 aromatic carbocycles. The molecule has 0 spiro atoms. The Morgan fingerprint density at radius 2 is 1.42 bits per heavy atom. The van der Waals surface area contributed by atoms with E-state index in [1.165, 1.54) is 12.5 Å². The molecule has 0 rings (SSSR count). The van der Waals surface area contributed by atoms with Gasteiger partial charge in [-0.3, -0.25) is 0 Å². The molecule has 0 aliphatic rings. The van der Waals surface area contributed by atoms with Crippen molar-refractivity contribution in [3.8, 4) is 0 Å². The van der Waals surface area contributed by atoms with Gasteiger partial charge in [-0.05, 0) is 26.3 Å². The van der Waals surface area contributed by atoms with Gasteiger partial charge in [-0.1, -0.05) is 45.3 Å². The van der Waals surface area contributed by atoms with Crippen molar-refractivity contribution in [1.82, 2.24) is 4.23 Å². The van der Waals surface area contributed by atoms with E-state index in [1.807, 2.05) is 13.8 Å². The molecule has 0 amide bonds. The lowest BCUT2D eigenvalue weighted by atomic mass is 10.5. The van der Waals surface area contributed by atoms with Crippen LogP contribution in [0.5, 0.6) is 0 Å². The molecule has 146 valence electrons. The van der Waals surface area contributed by atoms with Gasteiger partial charge < -0.3 is 18.4 Å². The zero-order valence-electron chi connectivity index (χ0n) is 17.6. The number of ether oxygens (including phenoxy) is 3. The molecule has 0 atom stereocenters. The summed E-state index contributed by atoms with van der Waals surface area (Å²) in [5.41, 5.74) is 0. The maximum absolute atomic E-state index is 5.92. The molecule has 0 N–H and O–H groups in total. The van der Waals surface area contributed by atoms with E-state index >= 15 is 0 Å². The summed E-state index contributed by atoms with van der Waals surface area (Å²) in [6.07, 6.45) is 1.23. The molecule has 0 aliphatic carbocycles. The maximum Gasteiger partial charge on any atom is 0.154 e. The highest BCUT2D eigenvalue weighted by atomic mass is 28.4. The molecule has 4 nitrogen and oxygen atoms in total. The van der Waals surface area contributed by atoms with Crippen molar-refractivity contribution in [2.75, 3.05) is 33.0 Å². The molecule has 0 aromatic rings. The lowest BCUT2D eigenvalue weighted by Gasteiger charge is -2.43. The zero-order chi connectivity index (χ0) is 18.6. The second-order valence-corrected chi connectivity index (χ2v) is 20.5. The summed E-state index contributed by atoms with van der Waals surface area (Å²) in [5.74, 6) is 0. The van der Waals surface area contributed by atoms with Crippen LogP contribution in [0, 0.1) is 0 Å². The van der Waals surface area contributed by atoms with Crippen LogP contribution in [-0.4, -0.2) is 69.5 Å². The van der Waals surface area contributed by atoms with Gasteiger partial charge in [-0.25, -0.2) is 0 Å². The second-order valence-electron chi connectivity index (χ2n) is 8.30. The second kappa shape index (κ2) is 12.8. The summed E-state index contributed by atoms with van der Waals surface area (Å²) in [5, 5.41) is 0. The van der Waals surface area contributed by atoms with Gasteiger partial charge in [-0.15, -0.1) is 0 Å². The topological polar surface area (TPSA) is 30.9 Å². The summed E-state index contributed by atoms with van der Waals surface area (Å²) in [6, 6.07) is 2.45. The van der Waals surface area contributed by atoms with Gasteiger partial charge in [0.2, 0.25) is 0 Å². The Hall–Kier alpha value is 0.491. The molecule has 24 heavy (non-hydrogen) atoms. The lowest BCUT2D eigenvalue weighted by Crippen LogP contribution is -2.59. The summed E-state index contributed by atoms with van der Waals surface area (Å²) in [6.45, 7) is 23.1. The minimum atomic E-state index is -1.24. The fraction of sp³-hybridized carbons (Fsp3) is 1.00. The van der Waals surface area contributed by atoms with E-state index in [0.717, 1.165) is 39.0 Å². The molecule has 0 fully saturated rings. The number of nitrogens with zero attached hydrogens (tertiary/aromatic N) is 1. The van der Waals surface area contributed by atoms with E-state index < -0.39 is 16.5 Å². The highest BCUT2D eigenvalue weighted by Crippen LogP contribution is 2.19. The minimum Gasteiger partial charge on any atom is -0.380 e. The zero-order valence-corrected chi connectivity index (χ0v) is 21.0. The predicted octanol–water partition coefficient (Wildman–Crippen LogP) is 3.77. The third kappa shape index (κ3) is 11.9. The fourth-order valence-corrected chi connectivity index (χ4v) is 14.3. The monoisotopic (exact) mass is 393 g/mol. The van der Waals surface area contributed by atoms with E-state index in [2.05, 4.69) is 43.5 Å². The smallest absolute Gasteiger partial charge is 0.154 e. The van der Waals surface area contributed by atoms with Crippen LogP contribution in [0.4, 0.5) is 0 Å². The molecule has 0 radical (unpaired) electrons. The quantitative estimate of drug-likeness (QED) is 0.241. The first-order valence-electron chi connectivity index (χ1n) is 9.71. The largest absolute Gasteiger partial charge is 0.380 e. The Morgan fingerprint density at radius 3 is 1.88 bits per heavy atom. The van der Waals surface area contributed by atoms with Crippen molar-refractivity contribution < 1.29 is 14.2 Å². The van der Waals surface area contributed by atoms with Gasteiger partial charge >= 0.3 is 0 Å². The number of hydrogen-bond donors (Lipinski definition) is 0. The van der Waals surface area contributed by atoms with Gasteiger partial charge in [0, 0.05) is 35.9 Å². The molecule has 0 heterocycles. The molecule has 0 aliphatic heterocycles. The highest BCUT2D eigenvalue weighted by Gasteiger charge is 2.33. The van der Waals surface area contributed by atoms with Crippen LogP contribution in [0.2, 0.25) is 51.4 Å². The Labute approximate surface area is 155 Å². The van der Waals surface area contributed by atoms with Crippen molar-refractivity contribution >= 4 is 26.0 Å². The van der Waals surface area contributed by atoms with E-state index in [9.17, 15) is 0 Å². The van der Waals surface area contributed by atoms with Crippen molar-refractivity contribution in [2.45, 2.75) is 77.9 Å². The molecule has 0 saturated heterocycles. The van der Waals surface area contributed by atoms with E-state index in [0.29, 0.717) is 0 Å². The molecule has 7 heteroatoms. The van der Waals surface area contributed by atoms with Crippen LogP contribution in [0.25, 0.3) is 0 Å². The normalized spacial score (nSPS) is 13.8. The predicted molar refractivity (Wildman–Crippen MR) is 114 cm³/mol. The van der Waals surface area contributed by atoms with Crippen molar-refractivity contribution in [3.63, 3.8) is 0 Å². The van der Waals surface area contributed by atoms with Crippen molar-refractivity contribution in [1.29, 1.82) is 0 Å². The first-order valence-corrected chi connectivity index (χ1v) is 18.6. The van der Waals surface area contributed by atoms with E-state index in [-0.39, 0.29) is 15.8 Å². The van der Waals surface area contributed by atoms with Crippen LogP contribution in [0.15, 0.2) is 0 Å². The fourth-order valence-electron chi connectivity index (χ4n) is 3.21. The molecule has 0 aromatic heterocycles. The first-order chi connectivity index (χ1) is 11.1. The Balaban J connectivity index is 3.79. The van der Waals surface area contributed by atoms with Crippen LogP contribution in [0.1, 0.15) is 20.3 Å². The summed E-state index contributed by atoms with van der Waals surface area (Å²) in [4.78, 5) is 0. The Kier molecular flexibility index (Phi) is 13.0. The van der Waals surface area contributed by atoms with Gasteiger partial charge in [0.1, 0.15) is 16.5 Å². The number of rotatable bonds is 15. The van der Waals surface area contributed by atoms with Gasteiger partial charge in [0.25, 0.3) is 0 Å². The van der Waals surface area contributed by atoms with E-state index in [4.69, 9.17) is 14.2 Å². The molecule has 0 saturated carbocycles. The highest BCUT2D eigenvalue weighted by molar-refractivity contribution is 6.89.